The molecule has 0 unspecified atom stereocenters. The van der Waals surface area contributed by atoms with Gasteiger partial charge in [0.1, 0.15) is 6.61 Å². The molecule has 0 aliphatic heterocycles. The van der Waals surface area contributed by atoms with Gasteiger partial charge in [-0.3, -0.25) is 9.36 Å². The molecule has 3 rings (SSSR count). The molecule has 0 aliphatic rings. The molecular formula is C19H19ClN4O2. The lowest BCUT2D eigenvalue weighted by molar-refractivity contribution is 0.103. The fourth-order valence-electron chi connectivity index (χ4n) is 2.75. The number of carbonyl (C=O) groups is 1. The molecule has 1 aromatic heterocycles. The molecule has 134 valence electrons. The van der Waals surface area contributed by atoms with E-state index in [2.05, 4.69) is 10.2 Å². The van der Waals surface area contributed by atoms with Gasteiger partial charge in [-0.1, -0.05) is 41.9 Å². The van der Waals surface area contributed by atoms with Crippen LogP contribution in [0.25, 0.3) is 5.69 Å². The molecule has 0 saturated carbocycles. The van der Waals surface area contributed by atoms with E-state index in [0.717, 1.165) is 0 Å². The van der Waals surface area contributed by atoms with Crippen molar-refractivity contribution in [3.63, 3.8) is 0 Å². The van der Waals surface area contributed by atoms with Crippen molar-refractivity contribution in [3.05, 3.63) is 76.3 Å². The summed E-state index contributed by atoms with van der Waals surface area (Å²) in [6.45, 7) is 0.219. The molecule has 2 aromatic carbocycles. The number of carbonyl (C=O) groups excluding carboxylic acids is 1. The van der Waals surface area contributed by atoms with Gasteiger partial charge in [0, 0.05) is 16.1 Å². The first kappa shape index (κ1) is 18.3. The first-order valence-corrected chi connectivity index (χ1v) is 8.47. The molecule has 3 aromatic rings. The normalized spacial score (nSPS) is 11.1. The van der Waals surface area contributed by atoms with Crippen LogP contribution in [-0.2, 0) is 13.2 Å². The second kappa shape index (κ2) is 7.78. The number of aromatic nitrogens is 3. The van der Waals surface area contributed by atoms with E-state index in [1.165, 1.54) is 0 Å². The number of ketones is 1. The lowest BCUT2D eigenvalue weighted by atomic mass is 10.0. The largest absolute Gasteiger partial charge is 0.388 e. The number of hydrogen-bond acceptors (Lipinski definition) is 5. The third kappa shape index (κ3) is 3.67. The summed E-state index contributed by atoms with van der Waals surface area (Å²) >= 11 is 6.16. The van der Waals surface area contributed by atoms with Crippen molar-refractivity contribution < 1.29 is 9.90 Å². The smallest absolute Gasteiger partial charge is 0.195 e. The standard InChI is InChI=1S/C19H19ClN4O2/c1-23(2)11-17-21-22-18(12-25)24(17)16-9-8-14(20)10-15(16)19(26)13-6-4-3-5-7-13/h3-10,25H,11-12H2,1-2H3. The first-order valence-electron chi connectivity index (χ1n) is 8.09. The molecule has 1 heterocycles. The Labute approximate surface area is 156 Å². The SMILES string of the molecule is CN(C)Cc1nnc(CO)n1-c1ccc(Cl)cc1C(=O)c1ccccc1. The van der Waals surface area contributed by atoms with Crippen molar-refractivity contribution in [1.29, 1.82) is 0 Å². The van der Waals surface area contributed by atoms with Crippen molar-refractivity contribution in [2.45, 2.75) is 13.2 Å². The zero-order valence-corrected chi connectivity index (χ0v) is 15.3. The van der Waals surface area contributed by atoms with Gasteiger partial charge in [0.25, 0.3) is 0 Å². The van der Waals surface area contributed by atoms with Crippen LogP contribution < -0.4 is 0 Å². The van der Waals surface area contributed by atoms with Crippen LogP contribution in [-0.4, -0.2) is 44.6 Å². The second-order valence-corrected chi connectivity index (χ2v) is 6.56. The van der Waals surface area contributed by atoms with Crippen LogP contribution in [0.5, 0.6) is 0 Å². The van der Waals surface area contributed by atoms with Crippen LogP contribution in [0.3, 0.4) is 0 Å². The third-order valence-electron chi connectivity index (χ3n) is 3.88. The summed E-state index contributed by atoms with van der Waals surface area (Å²) in [5, 5.41) is 18.4. The van der Waals surface area contributed by atoms with Crippen LogP contribution in [0.2, 0.25) is 5.02 Å². The Bertz CT molecular complexity index is 923. The third-order valence-corrected chi connectivity index (χ3v) is 4.11. The van der Waals surface area contributed by atoms with E-state index < -0.39 is 0 Å². The predicted octanol–water partition coefficient (Wildman–Crippen LogP) is 2.71. The number of rotatable bonds is 6. The van der Waals surface area contributed by atoms with E-state index in [9.17, 15) is 9.90 Å². The molecule has 0 aliphatic carbocycles. The van der Waals surface area contributed by atoms with Gasteiger partial charge >= 0.3 is 0 Å². The molecule has 0 fully saturated rings. The molecule has 0 amide bonds. The quantitative estimate of drug-likeness (QED) is 0.675. The highest BCUT2D eigenvalue weighted by Gasteiger charge is 2.21. The maximum atomic E-state index is 13.1. The van der Waals surface area contributed by atoms with Crippen molar-refractivity contribution >= 4 is 17.4 Å². The molecule has 7 heteroatoms. The molecular weight excluding hydrogens is 352 g/mol. The van der Waals surface area contributed by atoms with Crippen LogP contribution in [0.4, 0.5) is 0 Å². The zero-order valence-electron chi connectivity index (χ0n) is 14.6. The van der Waals surface area contributed by atoms with E-state index in [0.29, 0.717) is 40.0 Å². The van der Waals surface area contributed by atoms with Gasteiger partial charge in [-0.25, -0.2) is 0 Å². The molecule has 0 saturated heterocycles. The van der Waals surface area contributed by atoms with E-state index in [4.69, 9.17) is 11.6 Å². The highest BCUT2D eigenvalue weighted by molar-refractivity contribution is 6.31. The topological polar surface area (TPSA) is 71.2 Å². The molecule has 0 spiro atoms. The Morgan fingerprint density at radius 3 is 2.46 bits per heavy atom. The second-order valence-electron chi connectivity index (χ2n) is 6.12. The Morgan fingerprint density at radius 2 is 1.81 bits per heavy atom. The lowest BCUT2D eigenvalue weighted by Gasteiger charge is -2.16. The predicted molar refractivity (Wildman–Crippen MR) is 99.6 cm³/mol. The van der Waals surface area contributed by atoms with Gasteiger partial charge in [-0.2, -0.15) is 0 Å². The fraction of sp³-hybridized carbons (Fsp3) is 0.211. The maximum absolute atomic E-state index is 13.1. The van der Waals surface area contributed by atoms with Crippen molar-refractivity contribution in [1.82, 2.24) is 19.7 Å². The summed E-state index contributed by atoms with van der Waals surface area (Å²) in [5.41, 5.74) is 1.58. The van der Waals surface area contributed by atoms with E-state index in [-0.39, 0.29) is 12.4 Å². The van der Waals surface area contributed by atoms with E-state index >= 15 is 0 Å². The van der Waals surface area contributed by atoms with Gasteiger partial charge in [-0.05, 0) is 32.3 Å². The van der Waals surface area contributed by atoms with E-state index in [1.54, 1.807) is 34.9 Å². The Balaban J connectivity index is 2.18. The van der Waals surface area contributed by atoms with Crippen LogP contribution in [0, 0.1) is 0 Å². The minimum absolute atomic E-state index is 0.156. The van der Waals surface area contributed by atoms with Crippen LogP contribution >= 0.6 is 11.6 Å². The molecule has 1 N–H and O–H groups in total. The van der Waals surface area contributed by atoms with Crippen molar-refractivity contribution in [2.75, 3.05) is 14.1 Å². The molecule has 0 atom stereocenters. The number of benzene rings is 2. The maximum Gasteiger partial charge on any atom is 0.195 e. The molecule has 6 nitrogen and oxygen atoms in total. The minimum Gasteiger partial charge on any atom is -0.388 e. The summed E-state index contributed by atoms with van der Waals surface area (Å²) in [5.74, 6) is 0.839. The van der Waals surface area contributed by atoms with Gasteiger partial charge in [0.2, 0.25) is 0 Å². The van der Waals surface area contributed by atoms with Crippen molar-refractivity contribution in [2.24, 2.45) is 0 Å². The highest BCUT2D eigenvalue weighted by atomic mass is 35.5. The fourth-order valence-corrected chi connectivity index (χ4v) is 2.92. The van der Waals surface area contributed by atoms with Gasteiger partial charge in [0.15, 0.2) is 17.4 Å². The summed E-state index contributed by atoms with van der Waals surface area (Å²) < 4.78 is 1.71. The molecule has 0 bridgehead atoms. The molecule has 26 heavy (non-hydrogen) atoms. The number of nitrogens with zero attached hydrogens (tertiary/aromatic N) is 4. The summed E-state index contributed by atoms with van der Waals surface area (Å²) in [6.07, 6.45) is 0. The van der Waals surface area contributed by atoms with Gasteiger partial charge in [0.05, 0.1) is 12.2 Å². The number of aliphatic hydroxyl groups is 1. The average Bonchev–Trinajstić information content (AvgIpc) is 3.03. The summed E-state index contributed by atoms with van der Waals surface area (Å²) in [6, 6.07) is 14.1. The van der Waals surface area contributed by atoms with Crippen LogP contribution in [0.1, 0.15) is 27.6 Å². The van der Waals surface area contributed by atoms with Crippen molar-refractivity contribution in [3.8, 4) is 5.69 Å². The Morgan fingerprint density at radius 1 is 1.12 bits per heavy atom. The van der Waals surface area contributed by atoms with Gasteiger partial charge in [-0.15, -0.1) is 10.2 Å². The highest BCUT2D eigenvalue weighted by Crippen LogP contribution is 2.25. The Kier molecular flexibility index (Phi) is 5.46. The molecule has 0 radical (unpaired) electrons. The summed E-state index contributed by atoms with van der Waals surface area (Å²) in [7, 11) is 3.82. The van der Waals surface area contributed by atoms with Gasteiger partial charge < -0.3 is 10.0 Å². The van der Waals surface area contributed by atoms with E-state index in [1.807, 2.05) is 37.2 Å². The summed E-state index contributed by atoms with van der Waals surface area (Å²) in [4.78, 5) is 15.0. The number of halogens is 1. The average molecular weight is 371 g/mol. The van der Waals surface area contributed by atoms with Crippen LogP contribution in [0.15, 0.2) is 48.5 Å². The minimum atomic E-state index is -0.290. The number of aliphatic hydroxyl groups excluding tert-OH is 1. The first-order chi connectivity index (χ1) is 12.5. The Hall–Kier alpha value is -2.54. The lowest BCUT2D eigenvalue weighted by Crippen LogP contribution is -2.17. The number of hydrogen-bond donors (Lipinski definition) is 1. The zero-order chi connectivity index (χ0) is 18.7. The monoisotopic (exact) mass is 370 g/mol.